The van der Waals surface area contributed by atoms with Crippen molar-refractivity contribution in [2.75, 3.05) is 13.7 Å². The minimum absolute atomic E-state index is 0.137. The topological polar surface area (TPSA) is 45.6 Å². The molecule has 1 aliphatic heterocycles. The fourth-order valence-electron chi connectivity index (χ4n) is 4.40. The van der Waals surface area contributed by atoms with Gasteiger partial charge >= 0.3 is 0 Å². The molecule has 1 saturated carbocycles. The number of aliphatic hydroxyl groups excluding tert-OH is 1. The Kier molecular flexibility index (Phi) is 4.48. The predicted molar refractivity (Wildman–Crippen MR) is 98.5 cm³/mol. The highest BCUT2D eigenvalue weighted by Gasteiger charge is 2.46. The molecule has 1 unspecified atom stereocenters. The number of hydrogen-bond acceptors (Lipinski definition) is 4. The molecule has 4 nitrogen and oxygen atoms in total. The van der Waals surface area contributed by atoms with Crippen molar-refractivity contribution in [3.63, 3.8) is 0 Å². The third kappa shape index (κ3) is 3.16. The molecule has 1 spiro atoms. The van der Waals surface area contributed by atoms with Crippen LogP contribution >= 0.6 is 0 Å². The van der Waals surface area contributed by atoms with E-state index in [1.165, 1.54) is 36.0 Å². The molecule has 2 aliphatic rings. The smallest absolute Gasteiger partial charge is 0.123 e. The van der Waals surface area contributed by atoms with Crippen LogP contribution in [0.3, 0.4) is 0 Å². The zero-order chi connectivity index (χ0) is 17.3. The van der Waals surface area contributed by atoms with E-state index >= 15 is 0 Å². The first kappa shape index (κ1) is 16.6. The van der Waals surface area contributed by atoms with E-state index < -0.39 is 0 Å². The van der Waals surface area contributed by atoms with Crippen LogP contribution < -0.4 is 4.74 Å². The molecule has 2 fully saturated rings. The minimum Gasteiger partial charge on any atom is -0.496 e. The van der Waals surface area contributed by atoms with Crippen molar-refractivity contribution in [1.29, 1.82) is 0 Å². The Morgan fingerprint density at radius 3 is 2.68 bits per heavy atom. The van der Waals surface area contributed by atoms with Gasteiger partial charge in [-0.2, -0.15) is 0 Å². The molecule has 2 aromatic rings. The Hall–Kier alpha value is -1.91. The lowest BCUT2D eigenvalue weighted by atomic mass is 9.69. The van der Waals surface area contributed by atoms with Crippen LogP contribution in [0.25, 0.3) is 11.1 Å². The molecule has 0 radical (unpaired) electrons. The monoisotopic (exact) mass is 338 g/mol. The summed E-state index contributed by atoms with van der Waals surface area (Å²) in [4.78, 5) is 6.69. The lowest BCUT2D eigenvalue weighted by molar-refractivity contribution is -0.0704. The number of pyridine rings is 1. The standard InChI is InChI=1S/C21H26N2O2/c1-25-20-4-3-17(16-5-10-22-11-6-16)13-18(20)15-23-12-7-19(24)14-21(23)8-2-9-21/h3-6,10-11,13,19,24H,2,7-9,12,14-15H2,1H3. The fraction of sp³-hybridized carbons (Fsp3) is 0.476. The molecule has 1 N–H and O–H groups in total. The highest BCUT2D eigenvalue weighted by Crippen LogP contribution is 2.45. The number of rotatable bonds is 4. The molecule has 1 atom stereocenters. The zero-order valence-electron chi connectivity index (χ0n) is 14.8. The fourth-order valence-corrected chi connectivity index (χ4v) is 4.40. The van der Waals surface area contributed by atoms with E-state index in [0.29, 0.717) is 0 Å². The highest BCUT2D eigenvalue weighted by molar-refractivity contribution is 5.65. The number of methoxy groups -OCH3 is 1. The molecule has 2 heterocycles. The number of aromatic nitrogens is 1. The van der Waals surface area contributed by atoms with Crippen LogP contribution in [0.1, 0.15) is 37.7 Å². The van der Waals surface area contributed by atoms with Gasteiger partial charge in [-0.25, -0.2) is 0 Å². The molecule has 25 heavy (non-hydrogen) atoms. The van der Waals surface area contributed by atoms with Crippen molar-refractivity contribution in [3.8, 4) is 16.9 Å². The first-order valence-electron chi connectivity index (χ1n) is 9.21. The van der Waals surface area contributed by atoms with Crippen molar-refractivity contribution >= 4 is 0 Å². The molecular formula is C21H26N2O2. The summed E-state index contributed by atoms with van der Waals surface area (Å²) in [5, 5.41) is 10.1. The number of aliphatic hydroxyl groups is 1. The van der Waals surface area contributed by atoms with Gasteiger partial charge in [-0.05, 0) is 67.5 Å². The first-order valence-corrected chi connectivity index (χ1v) is 9.21. The Morgan fingerprint density at radius 2 is 2.00 bits per heavy atom. The normalized spacial score (nSPS) is 22.6. The third-order valence-corrected chi connectivity index (χ3v) is 5.96. The Bertz CT molecular complexity index is 728. The number of likely N-dealkylation sites (tertiary alicyclic amines) is 1. The second kappa shape index (κ2) is 6.77. The van der Waals surface area contributed by atoms with Gasteiger partial charge < -0.3 is 9.84 Å². The van der Waals surface area contributed by atoms with Crippen LogP contribution in [0.2, 0.25) is 0 Å². The Morgan fingerprint density at radius 1 is 1.20 bits per heavy atom. The summed E-state index contributed by atoms with van der Waals surface area (Å²) >= 11 is 0. The van der Waals surface area contributed by atoms with Crippen LogP contribution in [0, 0.1) is 0 Å². The van der Waals surface area contributed by atoms with Crippen molar-refractivity contribution < 1.29 is 9.84 Å². The molecule has 1 aromatic heterocycles. The van der Waals surface area contributed by atoms with E-state index in [-0.39, 0.29) is 11.6 Å². The van der Waals surface area contributed by atoms with Crippen molar-refractivity contribution in [3.05, 3.63) is 48.3 Å². The molecule has 4 rings (SSSR count). The van der Waals surface area contributed by atoms with E-state index in [0.717, 1.165) is 31.7 Å². The van der Waals surface area contributed by atoms with Crippen LogP contribution in [0.15, 0.2) is 42.7 Å². The van der Waals surface area contributed by atoms with Gasteiger partial charge in [0.1, 0.15) is 5.75 Å². The number of ether oxygens (including phenoxy) is 1. The van der Waals surface area contributed by atoms with Crippen molar-refractivity contribution in [2.45, 2.75) is 50.3 Å². The average Bonchev–Trinajstić information content (AvgIpc) is 2.62. The number of hydrogen-bond donors (Lipinski definition) is 1. The van der Waals surface area contributed by atoms with Gasteiger partial charge in [-0.1, -0.05) is 6.07 Å². The second-order valence-electron chi connectivity index (χ2n) is 7.41. The lowest BCUT2D eigenvalue weighted by Gasteiger charge is -2.54. The molecule has 1 aliphatic carbocycles. The SMILES string of the molecule is COc1ccc(-c2ccncc2)cc1CN1CCC(O)CC12CCC2. The largest absolute Gasteiger partial charge is 0.496 e. The number of nitrogens with zero attached hydrogens (tertiary/aromatic N) is 2. The summed E-state index contributed by atoms with van der Waals surface area (Å²) in [7, 11) is 1.74. The quantitative estimate of drug-likeness (QED) is 0.924. The van der Waals surface area contributed by atoms with Gasteiger partial charge in [0.15, 0.2) is 0 Å². The van der Waals surface area contributed by atoms with Gasteiger partial charge in [0.25, 0.3) is 0 Å². The Balaban J connectivity index is 1.62. The lowest BCUT2D eigenvalue weighted by Crippen LogP contribution is -2.58. The minimum atomic E-state index is -0.137. The predicted octanol–water partition coefficient (Wildman–Crippen LogP) is 3.64. The van der Waals surface area contributed by atoms with E-state index in [1.807, 2.05) is 24.5 Å². The van der Waals surface area contributed by atoms with Crippen LogP contribution in [-0.4, -0.2) is 40.3 Å². The maximum Gasteiger partial charge on any atom is 0.123 e. The highest BCUT2D eigenvalue weighted by atomic mass is 16.5. The van der Waals surface area contributed by atoms with Gasteiger partial charge in [-0.3, -0.25) is 9.88 Å². The first-order chi connectivity index (χ1) is 12.2. The van der Waals surface area contributed by atoms with E-state index in [1.54, 1.807) is 7.11 Å². The molecule has 1 aromatic carbocycles. The van der Waals surface area contributed by atoms with Crippen molar-refractivity contribution in [2.24, 2.45) is 0 Å². The second-order valence-corrected chi connectivity index (χ2v) is 7.41. The van der Waals surface area contributed by atoms with Gasteiger partial charge in [0.05, 0.1) is 13.2 Å². The summed E-state index contributed by atoms with van der Waals surface area (Å²) in [6.07, 6.45) is 8.99. The maximum absolute atomic E-state index is 10.1. The van der Waals surface area contributed by atoms with Gasteiger partial charge in [0, 0.05) is 36.6 Å². The van der Waals surface area contributed by atoms with E-state index in [2.05, 4.69) is 28.1 Å². The average molecular weight is 338 g/mol. The number of benzene rings is 1. The summed E-state index contributed by atoms with van der Waals surface area (Å²) < 4.78 is 5.63. The van der Waals surface area contributed by atoms with Gasteiger partial charge in [0.2, 0.25) is 0 Å². The maximum atomic E-state index is 10.1. The van der Waals surface area contributed by atoms with E-state index in [9.17, 15) is 5.11 Å². The zero-order valence-corrected chi connectivity index (χ0v) is 14.8. The van der Waals surface area contributed by atoms with Crippen LogP contribution in [0.5, 0.6) is 5.75 Å². The summed E-state index contributed by atoms with van der Waals surface area (Å²) in [5.41, 5.74) is 3.79. The van der Waals surface area contributed by atoms with Crippen LogP contribution in [-0.2, 0) is 6.54 Å². The molecule has 0 bridgehead atoms. The molecule has 4 heteroatoms. The molecule has 132 valence electrons. The third-order valence-electron chi connectivity index (χ3n) is 5.96. The van der Waals surface area contributed by atoms with Crippen LogP contribution in [0.4, 0.5) is 0 Å². The van der Waals surface area contributed by atoms with E-state index in [4.69, 9.17) is 4.74 Å². The molecule has 0 amide bonds. The summed E-state index contributed by atoms with van der Waals surface area (Å²) in [5.74, 6) is 0.943. The Labute approximate surface area is 149 Å². The van der Waals surface area contributed by atoms with Crippen molar-refractivity contribution in [1.82, 2.24) is 9.88 Å². The summed E-state index contributed by atoms with van der Waals surface area (Å²) in [6.45, 7) is 1.85. The summed E-state index contributed by atoms with van der Waals surface area (Å²) in [6, 6.07) is 10.5. The number of piperidine rings is 1. The molecular weight excluding hydrogens is 312 g/mol. The molecule has 1 saturated heterocycles. The van der Waals surface area contributed by atoms with Gasteiger partial charge in [-0.15, -0.1) is 0 Å².